The summed E-state index contributed by atoms with van der Waals surface area (Å²) in [5, 5.41) is 0. The van der Waals surface area contributed by atoms with Crippen molar-refractivity contribution in [2.75, 3.05) is 18.8 Å². The van der Waals surface area contributed by atoms with Crippen molar-refractivity contribution in [1.29, 1.82) is 0 Å². The molecule has 0 heterocycles. The number of carbonyl (C=O) groups is 1. The molecule has 0 rings (SSSR count). The van der Waals surface area contributed by atoms with Crippen LogP contribution in [-0.2, 0) is 14.8 Å². The standard InChI is InChI=1S/C11H24N2O3S/c1-5-6-9-17(15,16)12-7-8-13(10(2)3)11(4)14/h10,12H,5-9H2,1-4H3. The summed E-state index contributed by atoms with van der Waals surface area (Å²) >= 11 is 0. The Labute approximate surface area is 105 Å². The summed E-state index contributed by atoms with van der Waals surface area (Å²) in [6.07, 6.45) is 1.52. The summed E-state index contributed by atoms with van der Waals surface area (Å²) in [4.78, 5) is 12.9. The summed E-state index contributed by atoms with van der Waals surface area (Å²) in [6.45, 7) is 7.96. The predicted molar refractivity (Wildman–Crippen MR) is 69.2 cm³/mol. The average Bonchev–Trinajstić information content (AvgIpc) is 2.20. The maximum absolute atomic E-state index is 11.5. The number of carbonyl (C=O) groups excluding carboxylic acids is 1. The minimum Gasteiger partial charge on any atom is -0.339 e. The van der Waals surface area contributed by atoms with Crippen molar-refractivity contribution in [2.45, 2.75) is 46.6 Å². The van der Waals surface area contributed by atoms with Gasteiger partial charge in [-0.3, -0.25) is 4.79 Å². The largest absolute Gasteiger partial charge is 0.339 e. The Morgan fingerprint density at radius 2 is 1.94 bits per heavy atom. The maximum Gasteiger partial charge on any atom is 0.219 e. The highest BCUT2D eigenvalue weighted by atomic mass is 32.2. The number of amides is 1. The van der Waals surface area contributed by atoms with Gasteiger partial charge in [-0.15, -0.1) is 0 Å². The fourth-order valence-corrected chi connectivity index (χ4v) is 2.72. The van der Waals surface area contributed by atoms with Gasteiger partial charge in [-0.05, 0) is 20.3 Å². The van der Waals surface area contributed by atoms with Crippen LogP contribution >= 0.6 is 0 Å². The van der Waals surface area contributed by atoms with Crippen molar-refractivity contribution in [1.82, 2.24) is 9.62 Å². The molecule has 0 aromatic rings. The molecule has 0 radical (unpaired) electrons. The lowest BCUT2D eigenvalue weighted by Gasteiger charge is -2.25. The molecule has 0 saturated carbocycles. The molecular weight excluding hydrogens is 240 g/mol. The first-order valence-corrected chi connectivity index (χ1v) is 7.70. The van der Waals surface area contributed by atoms with Crippen LogP contribution in [0, 0.1) is 0 Å². The van der Waals surface area contributed by atoms with Gasteiger partial charge in [0.15, 0.2) is 0 Å². The van der Waals surface area contributed by atoms with Crippen LogP contribution in [0.3, 0.4) is 0 Å². The molecule has 0 fully saturated rings. The molecule has 1 amide bonds. The molecule has 6 heteroatoms. The Morgan fingerprint density at radius 3 is 2.35 bits per heavy atom. The van der Waals surface area contributed by atoms with Crippen LogP contribution < -0.4 is 4.72 Å². The molecule has 0 aromatic carbocycles. The van der Waals surface area contributed by atoms with E-state index in [9.17, 15) is 13.2 Å². The van der Waals surface area contributed by atoms with Gasteiger partial charge in [-0.1, -0.05) is 13.3 Å². The molecule has 0 aromatic heterocycles. The van der Waals surface area contributed by atoms with Crippen LogP contribution in [0.2, 0.25) is 0 Å². The van der Waals surface area contributed by atoms with Crippen LogP contribution in [0.25, 0.3) is 0 Å². The lowest BCUT2D eigenvalue weighted by atomic mass is 10.3. The van der Waals surface area contributed by atoms with Crippen molar-refractivity contribution < 1.29 is 13.2 Å². The third kappa shape index (κ3) is 7.33. The quantitative estimate of drug-likeness (QED) is 0.710. The van der Waals surface area contributed by atoms with Gasteiger partial charge in [0.2, 0.25) is 15.9 Å². The summed E-state index contributed by atoms with van der Waals surface area (Å²) in [5.74, 6) is 0.124. The summed E-state index contributed by atoms with van der Waals surface area (Å²) in [6, 6.07) is 0.0904. The van der Waals surface area contributed by atoms with Gasteiger partial charge in [0.25, 0.3) is 0 Å². The molecule has 0 saturated heterocycles. The van der Waals surface area contributed by atoms with Crippen molar-refractivity contribution in [3.63, 3.8) is 0 Å². The molecule has 0 aliphatic rings. The van der Waals surface area contributed by atoms with Gasteiger partial charge in [-0.25, -0.2) is 13.1 Å². The van der Waals surface area contributed by atoms with E-state index in [1.54, 1.807) is 4.90 Å². The van der Waals surface area contributed by atoms with E-state index in [4.69, 9.17) is 0 Å². The van der Waals surface area contributed by atoms with Gasteiger partial charge in [0, 0.05) is 26.1 Å². The van der Waals surface area contributed by atoms with Crippen molar-refractivity contribution >= 4 is 15.9 Å². The zero-order valence-corrected chi connectivity index (χ0v) is 12.0. The zero-order chi connectivity index (χ0) is 13.5. The molecule has 0 aliphatic carbocycles. The summed E-state index contributed by atoms with van der Waals surface area (Å²) < 4.78 is 25.5. The summed E-state index contributed by atoms with van der Waals surface area (Å²) in [7, 11) is -3.18. The number of rotatable bonds is 8. The molecule has 0 atom stereocenters. The number of hydrogen-bond donors (Lipinski definition) is 1. The first kappa shape index (κ1) is 16.4. The maximum atomic E-state index is 11.5. The van der Waals surface area contributed by atoms with E-state index >= 15 is 0 Å². The van der Waals surface area contributed by atoms with E-state index < -0.39 is 10.0 Å². The van der Waals surface area contributed by atoms with Gasteiger partial charge in [0.05, 0.1) is 5.75 Å². The van der Waals surface area contributed by atoms with E-state index in [1.165, 1.54) is 6.92 Å². The van der Waals surface area contributed by atoms with E-state index in [0.29, 0.717) is 13.0 Å². The zero-order valence-electron chi connectivity index (χ0n) is 11.2. The number of hydrogen-bond acceptors (Lipinski definition) is 3. The minimum atomic E-state index is -3.18. The Kier molecular flexibility index (Phi) is 7.38. The minimum absolute atomic E-state index is 0.0345. The third-order valence-electron chi connectivity index (χ3n) is 2.47. The fraction of sp³-hybridized carbons (Fsp3) is 0.909. The predicted octanol–water partition coefficient (Wildman–Crippen LogP) is 0.963. The number of nitrogens with zero attached hydrogens (tertiary/aromatic N) is 1. The second kappa shape index (κ2) is 7.66. The normalized spacial score (nSPS) is 11.8. The first-order chi connectivity index (χ1) is 7.80. The Balaban J connectivity index is 4.08. The second-order valence-electron chi connectivity index (χ2n) is 4.37. The number of nitrogens with one attached hydrogen (secondary N) is 1. The fourth-order valence-electron chi connectivity index (χ4n) is 1.51. The van der Waals surface area contributed by atoms with Crippen LogP contribution in [0.15, 0.2) is 0 Å². The Hall–Kier alpha value is -0.620. The van der Waals surface area contributed by atoms with Crippen LogP contribution in [0.1, 0.15) is 40.5 Å². The lowest BCUT2D eigenvalue weighted by Crippen LogP contribution is -2.41. The molecule has 1 N–H and O–H groups in total. The lowest BCUT2D eigenvalue weighted by molar-refractivity contribution is -0.130. The van der Waals surface area contributed by atoms with Gasteiger partial charge >= 0.3 is 0 Å². The third-order valence-corrected chi connectivity index (χ3v) is 3.94. The van der Waals surface area contributed by atoms with Crippen LogP contribution in [0.5, 0.6) is 0 Å². The smallest absolute Gasteiger partial charge is 0.219 e. The topological polar surface area (TPSA) is 66.5 Å². The highest BCUT2D eigenvalue weighted by Gasteiger charge is 2.14. The van der Waals surface area contributed by atoms with E-state index in [1.807, 2.05) is 20.8 Å². The van der Waals surface area contributed by atoms with Gasteiger partial charge in [-0.2, -0.15) is 0 Å². The SMILES string of the molecule is CCCCS(=O)(=O)NCCN(C(C)=O)C(C)C. The highest BCUT2D eigenvalue weighted by molar-refractivity contribution is 7.89. The first-order valence-electron chi connectivity index (χ1n) is 6.04. The van der Waals surface area contributed by atoms with Gasteiger partial charge in [0.1, 0.15) is 0 Å². The van der Waals surface area contributed by atoms with Crippen molar-refractivity contribution in [3.05, 3.63) is 0 Å². The molecule has 5 nitrogen and oxygen atoms in total. The monoisotopic (exact) mass is 264 g/mol. The number of unbranched alkanes of at least 4 members (excludes halogenated alkanes) is 1. The molecule has 0 aliphatic heterocycles. The molecule has 17 heavy (non-hydrogen) atoms. The Morgan fingerprint density at radius 1 is 1.35 bits per heavy atom. The Bertz CT molecular complexity index is 326. The van der Waals surface area contributed by atoms with E-state index in [0.717, 1.165) is 6.42 Å². The van der Waals surface area contributed by atoms with Crippen LogP contribution in [0.4, 0.5) is 0 Å². The highest BCUT2D eigenvalue weighted by Crippen LogP contribution is 1.98. The second-order valence-corrected chi connectivity index (χ2v) is 6.30. The van der Waals surface area contributed by atoms with Crippen LogP contribution in [-0.4, -0.2) is 44.1 Å². The molecule has 0 unspecified atom stereocenters. The molecular formula is C11H24N2O3S. The van der Waals surface area contributed by atoms with E-state index in [-0.39, 0.29) is 24.2 Å². The number of sulfonamides is 1. The molecule has 0 bridgehead atoms. The molecule has 102 valence electrons. The van der Waals surface area contributed by atoms with E-state index in [2.05, 4.69) is 4.72 Å². The average molecular weight is 264 g/mol. The molecule has 0 spiro atoms. The van der Waals surface area contributed by atoms with Gasteiger partial charge < -0.3 is 4.90 Å². The van der Waals surface area contributed by atoms with Crippen molar-refractivity contribution in [3.8, 4) is 0 Å². The summed E-state index contributed by atoms with van der Waals surface area (Å²) in [5.41, 5.74) is 0. The van der Waals surface area contributed by atoms with Crippen molar-refractivity contribution in [2.24, 2.45) is 0 Å².